The predicted octanol–water partition coefficient (Wildman–Crippen LogP) is 3.57. The Morgan fingerprint density at radius 2 is 1.86 bits per heavy atom. The highest BCUT2D eigenvalue weighted by molar-refractivity contribution is 7.94. The number of allylic oxidation sites excluding steroid dienone is 2. The fraction of sp³-hybridized carbons (Fsp3) is 0.629. The van der Waals surface area contributed by atoms with E-state index in [0.717, 1.165) is 6.42 Å². The highest BCUT2D eigenvalue weighted by atomic mass is 32.3. The Morgan fingerprint density at radius 3 is 2.54 bits per heavy atom. The van der Waals surface area contributed by atoms with Crippen molar-refractivity contribution in [3.63, 3.8) is 0 Å². The second-order valence-electron chi connectivity index (χ2n) is 13.3. The number of aliphatic hydroxyl groups excluding tert-OH is 3. The molecular weight excluding hydrogens is 703 g/mol. The lowest BCUT2D eigenvalue weighted by molar-refractivity contribution is -0.134. The number of methoxy groups -OCH3 is 1. The second kappa shape index (κ2) is 18.5. The van der Waals surface area contributed by atoms with Crippen LogP contribution in [0.2, 0.25) is 0 Å². The van der Waals surface area contributed by atoms with Gasteiger partial charge >= 0.3 is 0 Å². The summed E-state index contributed by atoms with van der Waals surface area (Å²) in [6.45, 7) is 2.62. The van der Waals surface area contributed by atoms with Crippen molar-refractivity contribution < 1.29 is 41.7 Å². The summed E-state index contributed by atoms with van der Waals surface area (Å²) in [7, 11) is -6.62. The van der Waals surface area contributed by atoms with Gasteiger partial charge in [-0.1, -0.05) is 42.5 Å². The molecule has 2 heterocycles. The van der Waals surface area contributed by atoms with Gasteiger partial charge in [0, 0.05) is 45.3 Å². The van der Waals surface area contributed by atoms with Crippen molar-refractivity contribution in [2.75, 3.05) is 33.4 Å². The van der Waals surface area contributed by atoms with Gasteiger partial charge in [-0.25, -0.2) is 22.0 Å². The monoisotopic (exact) mass is 755 g/mol. The number of hydrogen-bond donors (Lipinski definition) is 4. The molecule has 1 aliphatic heterocycles. The Morgan fingerprint density at radius 1 is 1.14 bits per heavy atom. The Kier molecular flexibility index (Phi) is 15.0. The number of ether oxygens (including phenoxy) is 1. The molecule has 2 aromatic rings. The minimum atomic E-state index is -4.16. The van der Waals surface area contributed by atoms with Gasteiger partial charge in [-0.15, -0.1) is 11.3 Å². The molecule has 50 heavy (non-hydrogen) atoms. The van der Waals surface area contributed by atoms with Crippen LogP contribution in [0.25, 0.3) is 0 Å². The number of likely N-dealkylation sites (N-methyl/N-ethyl adjacent to an activating group) is 1. The van der Waals surface area contributed by atoms with Crippen LogP contribution >= 0.6 is 11.3 Å². The summed E-state index contributed by atoms with van der Waals surface area (Å²) in [6, 6.07) is 10.6. The average Bonchev–Trinajstić information content (AvgIpc) is 3.65. The van der Waals surface area contributed by atoms with E-state index in [2.05, 4.69) is 0 Å². The van der Waals surface area contributed by atoms with Crippen molar-refractivity contribution in [3.05, 3.63) is 59.7 Å². The maximum atomic E-state index is 13.5. The minimum Gasteiger partial charge on any atom is -0.393 e. The molecule has 1 aromatic carbocycles. The standard InChI is InChI=1S/C35H53N3O9S3/c1-3-38(30-24-37(20-11-21-47-2)50(45,46)35-29(30)22-34(48-35)49(36,43)44)33(42)15-10-5-4-9-14-27-28(32(41)23-31(27)40)19-18-26(39)17-16-25-12-7-6-8-13-25/h4,6-9,12-13,22,26-28,30-32,39-41H,3,5,10-11,14-21,23-24H2,1-2H3,(H2,36,43,44)/b9-4-/t26-,27-,28-,30?,31+,32-/m1/s1. The molecule has 0 saturated heterocycles. The first kappa shape index (κ1) is 40.6. The van der Waals surface area contributed by atoms with Crippen LogP contribution in [0.3, 0.4) is 0 Å². The third-order valence-corrected chi connectivity index (χ3v) is 14.8. The molecular formula is C35H53N3O9S3. The molecule has 1 unspecified atom stereocenters. The third kappa shape index (κ3) is 10.4. The normalized spacial score (nSPS) is 24.4. The number of fused-ring (bicyclic) bond motifs is 1. The van der Waals surface area contributed by atoms with Crippen molar-refractivity contribution in [2.45, 2.75) is 104 Å². The molecule has 280 valence electrons. The smallest absolute Gasteiger partial charge is 0.253 e. The summed E-state index contributed by atoms with van der Waals surface area (Å²) in [5.74, 6) is -0.390. The highest BCUT2D eigenvalue weighted by Gasteiger charge is 2.43. The quantitative estimate of drug-likeness (QED) is 0.123. The van der Waals surface area contributed by atoms with Crippen LogP contribution in [-0.4, -0.2) is 98.9 Å². The lowest BCUT2D eigenvalue weighted by atomic mass is 9.85. The molecule has 2 aliphatic rings. The lowest BCUT2D eigenvalue weighted by Gasteiger charge is -2.38. The molecule has 0 spiro atoms. The van der Waals surface area contributed by atoms with Crippen molar-refractivity contribution in [3.8, 4) is 0 Å². The number of rotatable bonds is 19. The van der Waals surface area contributed by atoms with Gasteiger partial charge < -0.3 is 25.0 Å². The van der Waals surface area contributed by atoms with Crippen LogP contribution in [0, 0.1) is 11.8 Å². The van der Waals surface area contributed by atoms with Gasteiger partial charge in [-0.2, -0.15) is 4.31 Å². The molecule has 1 aliphatic carbocycles. The number of unbranched alkanes of at least 4 members (excludes halogenated alkanes) is 1. The lowest BCUT2D eigenvalue weighted by Crippen LogP contribution is -2.47. The number of nitrogens with zero attached hydrogens (tertiary/aromatic N) is 2. The fourth-order valence-electron chi connectivity index (χ4n) is 7.18. The summed E-state index contributed by atoms with van der Waals surface area (Å²) in [5, 5.41) is 37.3. The molecule has 1 amide bonds. The number of carbonyl (C=O) groups excluding carboxylic acids is 1. The van der Waals surface area contributed by atoms with E-state index >= 15 is 0 Å². The van der Waals surface area contributed by atoms with Crippen molar-refractivity contribution in [1.29, 1.82) is 0 Å². The molecule has 1 aromatic heterocycles. The number of sulfonamides is 2. The van der Waals surface area contributed by atoms with Crippen molar-refractivity contribution in [1.82, 2.24) is 9.21 Å². The Hall–Kier alpha value is -2.21. The van der Waals surface area contributed by atoms with Crippen LogP contribution in [-0.2, 0) is 36.0 Å². The van der Waals surface area contributed by atoms with Gasteiger partial charge in [0.1, 0.15) is 8.42 Å². The molecule has 15 heteroatoms. The zero-order valence-electron chi connectivity index (χ0n) is 29.0. The average molecular weight is 756 g/mol. The molecule has 0 bridgehead atoms. The van der Waals surface area contributed by atoms with E-state index in [1.54, 1.807) is 4.90 Å². The maximum absolute atomic E-state index is 13.5. The van der Waals surface area contributed by atoms with Gasteiger partial charge in [0.25, 0.3) is 10.0 Å². The molecule has 5 N–H and O–H groups in total. The van der Waals surface area contributed by atoms with Gasteiger partial charge in [0.15, 0.2) is 0 Å². The van der Waals surface area contributed by atoms with Gasteiger partial charge in [0.2, 0.25) is 15.9 Å². The first-order valence-electron chi connectivity index (χ1n) is 17.5. The molecule has 6 atom stereocenters. The van der Waals surface area contributed by atoms with E-state index in [4.69, 9.17) is 9.88 Å². The van der Waals surface area contributed by atoms with Crippen LogP contribution < -0.4 is 5.14 Å². The SMILES string of the molecule is CCN(C(=O)CCC/C=C\C[C@@H]1[C@@H](CC[C@H](O)CCc2ccccc2)[C@H](O)C[C@@H]1O)C1CN(CCCOC)S(=O)(=O)c2sc(S(N)(=O)=O)cc21. The summed E-state index contributed by atoms with van der Waals surface area (Å²) in [5.41, 5.74) is 1.45. The number of hydrogen-bond acceptors (Lipinski definition) is 10. The summed E-state index contributed by atoms with van der Waals surface area (Å²) in [6.07, 6.45) is 7.58. The van der Waals surface area contributed by atoms with Crippen LogP contribution in [0.4, 0.5) is 0 Å². The first-order valence-corrected chi connectivity index (χ1v) is 21.3. The Balaban J connectivity index is 1.31. The number of aryl methyl sites for hydroxylation is 1. The van der Waals surface area contributed by atoms with Crippen LogP contribution in [0.1, 0.15) is 81.9 Å². The number of thiophene rings is 1. The van der Waals surface area contributed by atoms with Crippen molar-refractivity contribution in [2.24, 2.45) is 17.0 Å². The first-order chi connectivity index (χ1) is 23.8. The number of carbonyl (C=O) groups is 1. The Bertz CT molecular complexity index is 1630. The zero-order valence-corrected chi connectivity index (χ0v) is 31.4. The fourth-order valence-corrected chi connectivity index (χ4v) is 11.5. The van der Waals surface area contributed by atoms with Crippen LogP contribution in [0.15, 0.2) is 57.0 Å². The topological polar surface area (TPSA) is 188 Å². The number of benzene rings is 1. The highest BCUT2D eigenvalue weighted by Crippen LogP contribution is 2.43. The van der Waals surface area contributed by atoms with E-state index in [1.807, 2.05) is 49.4 Å². The zero-order chi connectivity index (χ0) is 36.5. The van der Waals surface area contributed by atoms with Crippen molar-refractivity contribution >= 4 is 37.3 Å². The van der Waals surface area contributed by atoms with E-state index < -0.39 is 44.4 Å². The second-order valence-corrected chi connectivity index (χ2v) is 18.3. The number of amides is 1. The minimum absolute atomic E-state index is 0.000109. The van der Waals surface area contributed by atoms with Crippen LogP contribution in [0.5, 0.6) is 0 Å². The largest absolute Gasteiger partial charge is 0.393 e. The van der Waals surface area contributed by atoms with E-state index in [-0.39, 0.29) is 51.2 Å². The van der Waals surface area contributed by atoms with Gasteiger partial charge in [-0.05, 0) is 88.2 Å². The van der Waals surface area contributed by atoms with E-state index in [0.29, 0.717) is 75.9 Å². The Labute approximate surface area is 301 Å². The summed E-state index contributed by atoms with van der Waals surface area (Å²) >= 11 is 0.612. The third-order valence-electron chi connectivity index (χ3n) is 9.89. The molecule has 0 radical (unpaired) electrons. The van der Waals surface area contributed by atoms with E-state index in [9.17, 15) is 36.9 Å². The number of primary sulfonamides is 1. The summed E-state index contributed by atoms with van der Waals surface area (Å²) < 4.78 is 57.2. The predicted molar refractivity (Wildman–Crippen MR) is 192 cm³/mol. The number of aliphatic hydroxyl groups is 3. The maximum Gasteiger partial charge on any atom is 0.253 e. The van der Waals surface area contributed by atoms with E-state index in [1.165, 1.54) is 23.0 Å². The number of nitrogens with two attached hydrogens (primary N) is 1. The molecule has 4 rings (SSSR count). The summed E-state index contributed by atoms with van der Waals surface area (Å²) in [4.78, 5) is 15.1. The molecule has 1 saturated carbocycles. The van der Waals surface area contributed by atoms with Gasteiger partial charge in [-0.3, -0.25) is 4.79 Å². The molecule has 12 nitrogen and oxygen atoms in total. The van der Waals surface area contributed by atoms with Gasteiger partial charge in [0.05, 0.1) is 24.4 Å². The molecule has 1 fully saturated rings.